The third kappa shape index (κ3) is 3.24. The van der Waals surface area contributed by atoms with Crippen molar-refractivity contribution in [1.29, 1.82) is 10.5 Å². The summed E-state index contributed by atoms with van der Waals surface area (Å²) in [5.41, 5.74) is 1.52. The van der Waals surface area contributed by atoms with Gasteiger partial charge in [0.1, 0.15) is 27.0 Å². The van der Waals surface area contributed by atoms with Crippen LogP contribution < -0.4 is 4.74 Å². The number of hydrogen-bond acceptors (Lipinski definition) is 5. The van der Waals surface area contributed by atoms with E-state index >= 15 is 0 Å². The van der Waals surface area contributed by atoms with Crippen molar-refractivity contribution < 1.29 is 17.7 Å². The summed E-state index contributed by atoms with van der Waals surface area (Å²) >= 11 is 0. The van der Waals surface area contributed by atoms with E-state index in [1.807, 2.05) is 6.07 Å². The molecule has 0 aliphatic heterocycles. The monoisotopic (exact) mass is 373 g/mol. The molecule has 0 fully saturated rings. The van der Waals surface area contributed by atoms with Gasteiger partial charge in [0.25, 0.3) is 0 Å². The standard InChI is InChI=1S/C18H13F2N3O2S/c19-10-26(24,23-11-22)18-5-4-17(15-2-1-3-16(15)18)25-14-7-12(9-21)6-13(20)8-14/h4-8H,1-3,10H2. The van der Waals surface area contributed by atoms with E-state index < -0.39 is 21.6 Å². The molecule has 2 aromatic rings. The lowest BCUT2D eigenvalue weighted by Gasteiger charge is -2.15. The molecule has 2 aromatic carbocycles. The number of nitriles is 2. The van der Waals surface area contributed by atoms with Gasteiger partial charge in [-0.15, -0.1) is 4.36 Å². The third-order valence-corrected chi connectivity index (χ3v) is 5.85. The van der Waals surface area contributed by atoms with Crippen molar-refractivity contribution in [3.63, 3.8) is 0 Å². The van der Waals surface area contributed by atoms with Crippen molar-refractivity contribution in [2.75, 3.05) is 6.01 Å². The minimum atomic E-state index is -3.45. The third-order valence-electron chi connectivity index (χ3n) is 4.11. The van der Waals surface area contributed by atoms with Gasteiger partial charge in [0.05, 0.1) is 16.5 Å². The molecule has 5 nitrogen and oxygen atoms in total. The predicted molar refractivity (Wildman–Crippen MR) is 90.1 cm³/mol. The Hall–Kier alpha value is -2.97. The van der Waals surface area contributed by atoms with Gasteiger partial charge in [-0.3, -0.25) is 0 Å². The van der Waals surface area contributed by atoms with Gasteiger partial charge in [-0.2, -0.15) is 10.5 Å². The molecule has 0 heterocycles. The lowest BCUT2D eigenvalue weighted by Crippen LogP contribution is -2.07. The Kier molecular flexibility index (Phi) is 4.88. The first-order valence-corrected chi connectivity index (χ1v) is 9.41. The summed E-state index contributed by atoms with van der Waals surface area (Å²) in [6.07, 6.45) is 3.36. The maximum absolute atomic E-state index is 13.6. The van der Waals surface area contributed by atoms with E-state index in [9.17, 15) is 13.0 Å². The van der Waals surface area contributed by atoms with Gasteiger partial charge in [-0.25, -0.2) is 13.0 Å². The van der Waals surface area contributed by atoms with Crippen molar-refractivity contribution in [3.05, 3.63) is 52.8 Å². The van der Waals surface area contributed by atoms with Crippen molar-refractivity contribution in [2.45, 2.75) is 24.2 Å². The first kappa shape index (κ1) is 17.8. The Bertz CT molecular complexity index is 1080. The Morgan fingerprint density at radius 2 is 1.96 bits per heavy atom. The van der Waals surface area contributed by atoms with Crippen LogP contribution in [-0.2, 0) is 22.6 Å². The zero-order valence-corrected chi connectivity index (χ0v) is 14.4. The number of nitrogens with zero attached hydrogens (tertiary/aromatic N) is 3. The summed E-state index contributed by atoms with van der Waals surface area (Å²) in [4.78, 5) is 0.207. The molecule has 1 unspecified atom stereocenters. The van der Waals surface area contributed by atoms with E-state index in [1.54, 1.807) is 0 Å². The van der Waals surface area contributed by atoms with Gasteiger partial charge < -0.3 is 4.74 Å². The molecule has 0 radical (unpaired) electrons. The van der Waals surface area contributed by atoms with Crippen LogP contribution in [0.4, 0.5) is 8.78 Å². The molecule has 0 aromatic heterocycles. The molecule has 0 bridgehead atoms. The fourth-order valence-corrected chi connectivity index (χ4v) is 4.33. The molecular weight excluding hydrogens is 360 g/mol. The fourth-order valence-electron chi connectivity index (χ4n) is 3.05. The van der Waals surface area contributed by atoms with Crippen LogP contribution in [0.5, 0.6) is 11.5 Å². The Morgan fingerprint density at radius 1 is 1.19 bits per heavy atom. The first-order valence-electron chi connectivity index (χ1n) is 7.73. The minimum Gasteiger partial charge on any atom is -0.457 e. The normalized spacial score (nSPS) is 14.6. The zero-order chi connectivity index (χ0) is 18.7. The molecule has 1 atom stereocenters. The second kappa shape index (κ2) is 7.11. The Labute approximate surface area is 149 Å². The Balaban J connectivity index is 2.08. The van der Waals surface area contributed by atoms with E-state index in [4.69, 9.17) is 15.3 Å². The van der Waals surface area contributed by atoms with Gasteiger partial charge in [0, 0.05) is 6.07 Å². The molecule has 0 N–H and O–H groups in total. The van der Waals surface area contributed by atoms with Gasteiger partial charge >= 0.3 is 0 Å². The number of hydrogen-bond donors (Lipinski definition) is 0. The Morgan fingerprint density at radius 3 is 2.65 bits per heavy atom. The van der Waals surface area contributed by atoms with Gasteiger partial charge in [-0.1, -0.05) is 0 Å². The molecule has 3 rings (SSSR count). The molecule has 0 saturated heterocycles. The molecule has 8 heteroatoms. The summed E-state index contributed by atoms with van der Waals surface area (Å²) in [7, 11) is -3.45. The van der Waals surface area contributed by atoms with Crippen molar-refractivity contribution in [1.82, 2.24) is 0 Å². The van der Waals surface area contributed by atoms with Crippen LogP contribution in [0, 0.1) is 28.6 Å². The predicted octanol–water partition coefficient (Wildman–Crippen LogP) is 4.21. The van der Waals surface area contributed by atoms with Crippen LogP contribution in [0.25, 0.3) is 0 Å². The fraction of sp³-hybridized carbons (Fsp3) is 0.222. The number of rotatable bonds is 4. The van der Waals surface area contributed by atoms with Gasteiger partial charge in [0.2, 0.25) is 6.19 Å². The zero-order valence-electron chi connectivity index (χ0n) is 13.5. The summed E-state index contributed by atoms with van der Waals surface area (Å²) in [5, 5.41) is 17.7. The summed E-state index contributed by atoms with van der Waals surface area (Å²) in [6.45, 7) is 0. The summed E-state index contributed by atoms with van der Waals surface area (Å²) in [6, 6.07) is 7.22. The number of fused-ring (bicyclic) bond motifs is 1. The van der Waals surface area contributed by atoms with E-state index in [-0.39, 0.29) is 16.2 Å². The van der Waals surface area contributed by atoms with Crippen molar-refractivity contribution in [3.8, 4) is 23.8 Å². The molecular formula is C18H13F2N3O2S. The van der Waals surface area contributed by atoms with Gasteiger partial charge in [0.15, 0.2) is 6.01 Å². The van der Waals surface area contributed by atoms with E-state index in [0.717, 1.165) is 24.1 Å². The van der Waals surface area contributed by atoms with E-state index in [2.05, 4.69) is 4.36 Å². The summed E-state index contributed by atoms with van der Waals surface area (Å²) in [5.74, 6) is -0.00905. The highest BCUT2D eigenvalue weighted by molar-refractivity contribution is 7.93. The molecule has 26 heavy (non-hydrogen) atoms. The van der Waals surface area contributed by atoms with Crippen molar-refractivity contribution >= 4 is 9.73 Å². The van der Waals surface area contributed by atoms with E-state index in [1.165, 1.54) is 24.4 Å². The highest BCUT2D eigenvalue weighted by atomic mass is 32.2. The van der Waals surface area contributed by atoms with Crippen LogP contribution in [0.15, 0.2) is 39.6 Å². The van der Waals surface area contributed by atoms with Crippen LogP contribution in [0.3, 0.4) is 0 Å². The van der Waals surface area contributed by atoms with Crippen LogP contribution in [-0.4, -0.2) is 10.2 Å². The first-order chi connectivity index (χ1) is 12.5. The van der Waals surface area contributed by atoms with Gasteiger partial charge in [-0.05, 0) is 54.7 Å². The lowest BCUT2D eigenvalue weighted by atomic mass is 10.1. The second-order valence-corrected chi connectivity index (χ2v) is 7.82. The number of halogens is 2. The SMILES string of the molecule is N#CN=S(=O)(CF)c1ccc(Oc2cc(F)cc(C#N)c2)c2c1CCC2. The number of ether oxygens (including phenoxy) is 1. The highest BCUT2D eigenvalue weighted by Crippen LogP contribution is 2.38. The molecule has 0 saturated carbocycles. The minimum absolute atomic E-state index is 0.126. The average Bonchev–Trinajstić information content (AvgIpc) is 3.11. The van der Waals surface area contributed by atoms with E-state index in [0.29, 0.717) is 24.2 Å². The maximum Gasteiger partial charge on any atom is 0.215 e. The largest absolute Gasteiger partial charge is 0.457 e. The molecule has 1 aliphatic carbocycles. The van der Waals surface area contributed by atoms with Crippen LogP contribution in [0.1, 0.15) is 23.1 Å². The second-order valence-electron chi connectivity index (χ2n) is 5.70. The van der Waals surface area contributed by atoms with Crippen LogP contribution in [0.2, 0.25) is 0 Å². The summed E-state index contributed by atoms with van der Waals surface area (Å²) < 4.78 is 48.6. The number of benzene rings is 2. The maximum atomic E-state index is 13.6. The molecule has 1 aliphatic rings. The van der Waals surface area contributed by atoms with Crippen molar-refractivity contribution in [2.24, 2.45) is 4.36 Å². The molecule has 0 spiro atoms. The topological polar surface area (TPSA) is 86.2 Å². The molecule has 132 valence electrons. The quantitative estimate of drug-likeness (QED) is 0.751. The highest BCUT2D eigenvalue weighted by Gasteiger charge is 2.26. The number of alkyl halides is 1. The smallest absolute Gasteiger partial charge is 0.215 e. The average molecular weight is 373 g/mol. The van der Waals surface area contributed by atoms with Crippen LogP contribution >= 0.6 is 0 Å². The molecule has 0 amide bonds. The lowest BCUT2D eigenvalue weighted by molar-refractivity contribution is 0.470.